The number of hydrogen-bond acceptors (Lipinski definition) is 0. The van der Waals surface area contributed by atoms with Crippen molar-refractivity contribution in [3.63, 3.8) is 0 Å². The van der Waals surface area contributed by atoms with E-state index < -0.39 is 0 Å². The quantitative estimate of drug-likeness (QED) is 0.578. The molecule has 0 heterocycles. The van der Waals surface area contributed by atoms with Crippen LogP contribution in [0.5, 0.6) is 0 Å². The van der Waals surface area contributed by atoms with Crippen LogP contribution >= 0.6 is 0 Å². The van der Waals surface area contributed by atoms with Gasteiger partial charge in [-0.3, -0.25) is 0 Å². The molecular weight excluding hydrogens is 216 g/mol. The second-order valence-electron chi connectivity index (χ2n) is 4.58. The first-order chi connectivity index (χ1) is 8.88. The third kappa shape index (κ3) is 1.91. The highest BCUT2D eigenvalue weighted by Crippen LogP contribution is 2.28. The molecule has 3 rings (SSSR count). The van der Waals surface area contributed by atoms with Gasteiger partial charge in [-0.2, -0.15) is 0 Å². The number of aryl methyl sites for hydroxylation is 1. The molecule has 0 N–H and O–H groups in total. The van der Waals surface area contributed by atoms with E-state index in [9.17, 15) is 0 Å². The summed E-state index contributed by atoms with van der Waals surface area (Å²) in [4.78, 5) is 0. The fourth-order valence-electron chi connectivity index (χ4n) is 2.40. The Hall–Kier alpha value is -2.08. The lowest BCUT2D eigenvalue weighted by molar-refractivity contribution is 1.14. The van der Waals surface area contributed by atoms with Crippen molar-refractivity contribution in [2.45, 2.75) is 13.3 Å². The van der Waals surface area contributed by atoms with Crippen molar-refractivity contribution in [3.8, 4) is 11.1 Å². The number of benzene rings is 3. The first kappa shape index (κ1) is 11.0. The van der Waals surface area contributed by atoms with Gasteiger partial charge >= 0.3 is 0 Å². The molecule has 0 heteroatoms. The van der Waals surface area contributed by atoms with Gasteiger partial charge in [0.2, 0.25) is 0 Å². The Balaban J connectivity index is 2.18. The molecule has 0 bridgehead atoms. The van der Waals surface area contributed by atoms with Crippen molar-refractivity contribution in [3.05, 3.63) is 72.3 Å². The minimum absolute atomic E-state index is 1.09. The van der Waals surface area contributed by atoms with Crippen LogP contribution in [0.2, 0.25) is 0 Å². The summed E-state index contributed by atoms with van der Waals surface area (Å²) in [6.07, 6.45) is 1.09. The predicted octanol–water partition coefficient (Wildman–Crippen LogP) is 5.07. The Morgan fingerprint density at radius 2 is 1.44 bits per heavy atom. The van der Waals surface area contributed by atoms with Gasteiger partial charge in [0.1, 0.15) is 0 Å². The van der Waals surface area contributed by atoms with E-state index in [2.05, 4.69) is 73.7 Å². The highest BCUT2D eigenvalue weighted by molar-refractivity contribution is 5.96. The first-order valence-electron chi connectivity index (χ1n) is 6.45. The van der Waals surface area contributed by atoms with Crippen molar-refractivity contribution in [2.24, 2.45) is 0 Å². The monoisotopic (exact) mass is 232 g/mol. The molecule has 0 aliphatic rings. The van der Waals surface area contributed by atoms with Gasteiger partial charge in [-0.05, 0) is 33.9 Å². The number of fused-ring (bicyclic) bond motifs is 1. The molecule has 0 unspecified atom stereocenters. The van der Waals surface area contributed by atoms with Gasteiger partial charge < -0.3 is 0 Å². The molecule has 0 saturated carbocycles. The molecule has 0 aliphatic heterocycles. The second-order valence-corrected chi connectivity index (χ2v) is 4.58. The number of hydrogen-bond donors (Lipinski definition) is 0. The normalized spacial score (nSPS) is 10.7. The first-order valence-corrected chi connectivity index (χ1v) is 6.45. The fraction of sp³-hybridized carbons (Fsp3) is 0.111. The molecule has 0 amide bonds. The summed E-state index contributed by atoms with van der Waals surface area (Å²) in [5.74, 6) is 0. The summed E-state index contributed by atoms with van der Waals surface area (Å²) in [7, 11) is 0. The molecule has 88 valence electrons. The molecule has 0 saturated heterocycles. The van der Waals surface area contributed by atoms with Crippen LogP contribution in [0.15, 0.2) is 66.7 Å². The van der Waals surface area contributed by atoms with E-state index in [-0.39, 0.29) is 0 Å². The average molecular weight is 232 g/mol. The van der Waals surface area contributed by atoms with E-state index >= 15 is 0 Å². The zero-order valence-corrected chi connectivity index (χ0v) is 10.6. The molecule has 0 aliphatic carbocycles. The lowest BCUT2D eigenvalue weighted by Crippen LogP contribution is -1.83. The minimum atomic E-state index is 1.09. The molecule has 18 heavy (non-hydrogen) atoms. The maximum absolute atomic E-state index is 2.22. The van der Waals surface area contributed by atoms with Crippen molar-refractivity contribution >= 4 is 10.8 Å². The fourth-order valence-corrected chi connectivity index (χ4v) is 2.40. The topological polar surface area (TPSA) is 0 Å². The van der Waals surface area contributed by atoms with E-state index in [0.29, 0.717) is 0 Å². The van der Waals surface area contributed by atoms with E-state index in [1.54, 1.807) is 0 Å². The smallest absolute Gasteiger partial charge is 0.0105 e. The zero-order chi connectivity index (χ0) is 12.4. The average Bonchev–Trinajstić information content (AvgIpc) is 2.47. The van der Waals surface area contributed by atoms with Crippen molar-refractivity contribution < 1.29 is 0 Å². The molecule has 0 aromatic heterocycles. The van der Waals surface area contributed by atoms with Crippen molar-refractivity contribution in [1.29, 1.82) is 0 Å². The van der Waals surface area contributed by atoms with Crippen molar-refractivity contribution in [2.75, 3.05) is 0 Å². The molecule has 3 aromatic carbocycles. The van der Waals surface area contributed by atoms with E-state index in [4.69, 9.17) is 0 Å². The Labute approximate surface area is 108 Å². The summed E-state index contributed by atoms with van der Waals surface area (Å²) >= 11 is 0. The minimum Gasteiger partial charge on any atom is -0.0616 e. The third-order valence-electron chi connectivity index (χ3n) is 3.46. The standard InChI is InChI=1S/C18H16/c1-2-14-10-12-16(13-11-14)18-9-5-7-15-6-3-4-8-17(15)18/h3-13H,2H2,1H3. The van der Waals surface area contributed by atoms with E-state index in [1.807, 2.05) is 0 Å². The van der Waals surface area contributed by atoms with Crippen LogP contribution in [-0.4, -0.2) is 0 Å². The van der Waals surface area contributed by atoms with Crippen LogP contribution < -0.4 is 0 Å². The SMILES string of the molecule is CCc1ccc(-c2cccc3ccccc23)cc1. The lowest BCUT2D eigenvalue weighted by Gasteiger charge is -2.07. The maximum atomic E-state index is 2.22. The summed E-state index contributed by atoms with van der Waals surface area (Å²) in [6, 6.07) is 23.9. The van der Waals surface area contributed by atoms with Crippen LogP contribution in [0.1, 0.15) is 12.5 Å². The summed E-state index contributed by atoms with van der Waals surface area (Å²) in [5, 5.41) is 2.62. The second kappa shape index (κ2) is 4.66. The zero-order valence-electron chi connectivity index (χ0n) is 10.6. The molecule has 0 fully saturated rings. The van der Waals surface area contributed by atoms with Gasteiger partial charge in [0, 0.05) is 0 Å². The summed E-state index contributed by atoms with van der Waals surface area (Å²) in [5.41, 5.74) is 4.00. The molecule has 0 nitrogen and oxygen atoms in total. The van der Waals surface area contributed by atoms with Crippen molar-refractivity contribution in [1.82, 2.24) is 0 Å². The maximum Gasteiger partial charge on any atom is -0.0105 e. The van der Waals surface area contributed by atoms with E-state index in [1.165, 1.54) is 27.5 Å². The molecule has 0 spiro atoms. The number of rotatable bonds is 2. The van der Waals surface area contributed by atoms with Crippen LogP contribution in [0.25, 0.3) is 21.9 Å². The van der Waals surface area contributed by atoms with Crippen LogP contribution in [0.3, 0.4) is 0 Å². The van der Waals surface area contributed by atoms with Gasteiger partial charge in [-0.25, -0.2) is 0 Å². The van der Waals surface area contributed by atoms with Crippen LogP contribution in [0.4, 0.5) is 0 Å². The van der Waals surface area contributed by atoms with Crippen LogP contribution in [0, 0.1) is 0 Å². The van der Waals surface area contributed by atoms with Gasteiger partial charge in [0.25, 0.3) is 0 Å². The van der Waals surface area contributed by atoms with Gasteiger partial charge in [-0.15, -0.1) is 0 Å². The predicted molar refractivity (Wildman–Crippen MR) is 78.8 cm³/mol. The third-order valence-corrected chi connectivity index (χ3v) is 3.46. The molecular formula is C18H16. The molecule has 0 atom stereocenters. The van der Waals surface area contributed by atoms with Gasteiger partial charge in [-0.1, -0.05) is 73.7 Å². The van der Waals surface area contributed by atoms with Gasteiger partial charge in [0.15, 0.2) is 0 Å². The van der Waals surface area contributed by atoms with Crippen LogP contribution in [-0.2, 0) is 6.42 Å². The summed E-state index contributed by atoms with van der Waals surface area (Å²) in [6.45, 7) is 2.19. The Morgan fingerprint density at radius 3 is 2.22 bits per heavy atom. The largest absolute Gasteiger partial charge is 0.0616 e. The Morgan fingerprint density at radius 1 is 0.722 bits per heavy atom. The molecule has 0 radical (unpaired) electrons. The highest BCUT2D eigenvalue weighted by Gasteiger charge is 2.02. The van der Waals surface area contributed by atoms with Gasteiger partial charge in [0.05, 0.1) is 0 Å². The molecule has 3 aromatic rings. The Kier molecular flexibility index (Phi) is 2.85. The van der Waals surface area contributed by atoms with E-state index in [0.717, 1.165) is 6.42 Å². The Bertz CT molecular complexity index is 658. The summed E-state index contributed by atoms with van der Waals surface area (Å²) < 4.78 is 0. The highest BCUT2D eigenvalue weighted by atomic mass is 14.1. The lowest BCUT2D eigenvalue weighted by atomic mass is 9.97.